The summed E-state index contributed by atoms with van der Waals surface area (Å²) in [7, 11) is 2.04. The summed E-state index contributed by atoms with van der Waals surface area (Å²) < 4.78 is 59.6. The van der Waals surface area contributed by atoms with Crippen LogP contribution < -0.4 is 16.4 Å². The number of urea groups is 1. The number of hydrogen-bond donors (Lipinski definition) is 3. The van der Waals surface area contributed by atoms with E-state index in [-0.39, 0.29) is 41.4 Å². The van der Waals surface area contributed by atoms with E-state index in [1.54, 1.807) is 6.07 Å². The molecule has 2 saturated heterocycles. The first-order chi connectivity index (χ1) is 21.0. The third kappa shape index (κ3) is 5.34. The highest BCUT2D eigenvalue weighted by atomic mass is 19.4. The zero-order valence-electron chi connectivity index (χ0n) is 24.0. The molecule has 1 saturated carbocycles. The molecule has 2 amide bonds. The molecule has 7 rings (SSSR count). The normalized spacial score (nSPS) is 20.8. The molecule has 13 heteroatoms. The van der Waals surface area contributed by atoms with Crippen molar-refractivity contribution in [3.63, 3.8) is 0 Å². The zero-order valence-corrected chi connectivity index (χ0v) is 24.0. The Morgan fingerprint density at radius 3 is 2.41 bits per heavy atom. The molecule has 3 fully saturated rings. The maximum Gasteiger partial charge on any atom is 0.416 e. The molecule has 44 heavy (non-hydrogen) atoms. The van der Waals surface area contributed by atoms with Crippen LogP contribution >= 0.6 is 0 Å². The molecule has 0 radical (unpaired) electrons. The van der Waals surface area contributed by atoms with Crippen LogP contribution in [0.3, 0.4) is 0 Å². The van der Waals surface area contributed by atoms with Crippen LogP contribution in [-0.2, 0) is 12.7 Å². The van der Waals surface area contributed by atoms with Gasteiger partial charge in [-0.3, -0.25) is 4.90 Å². The highest BCUT2D eigenvalue weighted by Crippen LogP contribution is 2.42. The quantitative estimate of drug-likeness (QED) is 0.229. The number of nitrogen functional groups attached to an aromatic ring is 1. The van der Waals surface area contributed by atoms with E-state index in [0.717, 1.165) is 44.8 Å². The maximum absolute atomic E-state index is 15.2. The number of alkyl halides is 3. The number of amides is 2. The van der Waals surface area contributed by atoms with Crippen LogP contribution in [0, 0.1) is 5.82 Å². The Kier molecular flexibility index (Phi) is 6.96. The van der Waals surface area contributed by atoms with E-state index >= 15 is 4.39 Å². The minimum Gasteiger partial charge on any atom is -0.383 e. The Balaban J connectivity index is 1.08. The number of piperazine rings is 1. The van der Waals surface area contributed by atoms with Crippen molar-refractivity contribution in [2.45, 2.75) is 56.5 Å². The number of rotatable bonds is 6. The first kappa shape index (κ1) is 28.5. The largest absolute Gasteiger partial charge is 0.416 e. The first-order valence-corrected chi connectivity index (χ1v) is 14.7. The zero-order chi connectivity index (χ0) is 30.7. The SMILES string of the molecule is CN1CC2CCC(C1)N2Cc1ccc(NC(=O)Nc2ccc(-c3cn(C4CC4)c4ncnc(N)c34)cc2F)cc1C(F)(F)F. The van der Waals surface area contributed by atoms with Crippen molar-refractivity contribution in [2.24, 2.45) is 0 Å². The first-order valence-electron chi connectivity index (χ1n) is 14.7. The maximum atomic E-state index is 15.2. The highest BCUT2D eigenvalue weighted by molar-refractivity contribution is 6.02. The summed E-state index contributed by atoms with van der Waals surface area (Å²) >= 11 is 0. The summed E-state index contributed by atoms with van der Waals surface area (Å²) in [6.07, 6.45) is 2.66. The van der Waals surface area contributed by atoms with Gasteiger partial charge in [0.2, 0.25) is 0 Å². The van der Waals surface area contributed by atoms with E-state index in [0.29, 0.717) is 28.2 Å². The van der Waals surface area contributed by atoms with Crippen molar-refractivity contribution in [1.29, 1.82) is 0 Å². The lowest BCUT2D eigenvalue weighted by molar-refractivity contribution is -0.138. The van der Waals surface area contributed by atoms with E-state index in [2.05, 4.69) is 30.4 Å². The smallest absolute Gasteiger partial charge is 0.383 e. The summed E-state index contributed by atoms with van der Waals surface area (Å²) in [5.74, 6) is -0.431. The van der Waals surface area contributed by atoms with Gasteiger partial charge in [0.25, 0.3) is 0 Å². The summed E-state index contributed by atoms with van der Waals surface area (Å²) in [6, 6.07) is 8.02. The molecule has 1 aliphatic carbocycles. The van der Waals surface area contributed by atoms with Gasteiger partial charge in [-0.1, -0.05) is 12.1 Å². The van der Waals surface area contributed by atoms with Crippen LogP contribution in [0.1, 0.15) is 42.9 Å². The predicted molar refractivity (Wildman–Crippen MR) is 160 cm³/mol. The molecule has 2 aromatic heterocycles. The lowest BCUT2D eigenvalue weighted by atomic mass is 10.0. The molecule has 4 N–H and O–H groups in total. The average molecular weight is 609 g/mol. The van der Waals surface area contributed by atoms with E-state index in [1.807, 2.05) is 17.8 Å². The number of nitrogens with zero attached hydrogens (tertiary/aromatic N) is 5. The second-order valence-corrected chi connectivity index (χ2v) is 12.1. The summed E-state index contributed by atoms with van der Waals surface area (Å²) in [5, 5.41) is 5.46. The molecule has 4 aromatic rings. The lowest BCUT2D eigenvalue weighted by Crippen LogP contribution is -2.51. The Morgan fingerprint density at radius 1 is 1.00 bits per heavy atom. The van der Waals surface area contributed by atoms with Crippen LogP contribution in [0.4, 0.5) is 39.5 Å². The standard InChI is InChI=1S/C31H32F4N8O/c1-41-13-21-7-8-22(14-41)42(21)12-18-2-4-19(11-24(18)31(33,34)35)39-30(44)40-26-9-3-17(10-25(26)32)23-15-43(20-5-6-20)29-27(23)28(36)37-16-38-29/h2-4,9-11,15-16,20-22H,5-8,12-14H2,1H3,(H2,36,37,38)(H2,39,40,44). The Hall–Kier alpha value is -4.23. The summed E-state index contributed by atoms with van der Waals surface area (Å²) in [5.41, 5.74) is 7.23. The van der Waals surface area contributed by atoms with Gasteiger partial charge >= 0.3 is 12.2 Å². The fraction of sp³-hybridized carbons (Fsp3) is 0.387. The lowest BCUT2D eigenvalue weighted by Gasteiger charge is -2.39. The summed E-state index contributed by atoms with van der Waals surface area (Å²) in [4.78, 5) is 25.6. The number of benzene rings is 2. The van der Waals surface area contributed by atoms with Crippen molar-refractivity contribution in [2.75, 3.05) is 36.5 Å². The molecule has 2 aromatic carbocycles. The third-order valence-corrected chi connectivity index (χ3v) is 8.95. The van der Waals surface area contributed by atoms with Gasteiger partial charge in [-0.15, -0.1) is 0 Å². The number of nitrogens with two attached hydrogens (primary N) is 1. The number of likely N-dealkylation sites (tertiary alicyclic amines) is 1. The van der Waals surface area contributed by atoms with Crippen LogP contribution in [0.2, 0.25) is 0 Å². The number of aromatic nitrogens is 3. The van der Waals surface area contributed by atoms with Crippen LogP contribution in [0.25, 0.3) is 22.2 Å². The fourth-order valence-corrected chi connectivity index (χ4v) is 6.74. The van der Waals surface area contributed by atoms with E-state index in [9.17, 15) is 18.0 Å². The van der Waals surface area contributed by atoms with E-state index in [4.69, 9.17) is 5.73 Å². The van der Waals surface area contributed by atoms with E-state index < -0.39 is 23.6 Å². The highest BCUT2D eigenvalue weighted by Gasteiger charge is 2.41. The Labute approximate surface area is 251 Å². The fourth-order valence-electron chi connectivity index (χ4n) is 6.74. The van der Waals surface area contributed by atoms with Crippen molar-refractivity contribution in [3.8, 4) is 11.1 Å². The topological polar surface area (TPSA) is 104 Å². The number of likely N-dealkylation sites (N-methyl/N-ethyl adjacent to an activating group) is 1. The molecule has 230 valence electrons. The molecule has 4 heterocycles. The van der Waals surface area contributed by atoms with Gasteiger partial charge in [0, 0.05) is 55.2 Å². The second kappa shape index (κ2) is 10.7. The molecule has 2 atom stereocenters. The Morgan fingerprint density at radius 2 is 1.73 bits per heavy atom. The van der Waals surface area contributed by atoms with Crippen molar-refractivity contribution in [3.05, 3.63) is 65.9 Å². The van der Waals surface area contributed by atoms with Gasteiger partial charge in [0.05, 0.1) is 16.6 Å². The molecule has 2 unspecified atom stereocenters. The molecule has 3 aliphatic rings. The molecule has 9 nitrogen and oxygen atoms in total. The van der Waals surface area contributed by atoms with Gasteiger partial charge in [-0.25, -0.2) is 19.2 Å². The second-order valence-electron chi connectivity index (χ2n) is 12.1. The number of carbonyl (C=O) groups excluding carboxylic acids is 1. The van der Waals surface area contributed by atoms with Gasteiger partial charge in [0.1, 0.15) is 23.6 Å². The minimum absolute atomic E-state index is 0.0414. The van der Waals surface area contributed by atoms with E-state index in [1.165, 1.54) is 30.6 Å². The summed E-state index contributed by atoms with van der Waals surface area (Å²) in [6.45, 7) is 1.86. The van der Waals surface area contributed by atoms with Crippen LogP contribution in [0.5, 0.6) is 0 Å². The average Bonchev–Trinajstić information content (AvgIpc) is 3.69. The van der Waals surface area contributed by atoms with Gasteiger partial charge in [-0.05, 0) is 68.1 Å². The van der Waals surface area contributed by atoms with Crippen molar-refractivity contribution >= 4 is 34.3 Å². The number of fused-ring (bicyclic) bond motifs is 3. The molecular weight excluding hydrogens is 576 g/mol. The minimum atomic E-state index is -4.60. The van der Waals surface area contributed by atoms with Crippen molar-refractivity contribution in [1.82, 2.24) is 24.3 Å². The number of anilines is 3. The number of halogens is 4. The van der Waals surface area contributed by atoms with Crippen LogP contribution in [-0.4, -0.2) is 62.6 Å². The molecule has 2 aliphatic heterocycles. The molecular formula is C31H32F4N8O. The van der Waals surface area contributed by atoms with Gasteiger partial charge < -0.3 is 25.8 Å². The number of nitrogens with one attached hydrogen (secondary N) is 2. The van der Waals surface area contributed by atoms with Gasteiger partial charge in [-0.2, -0.15) is 13.2 Å². The third-order valence-electron chi connectivity index (χ3n) is 8.95. The number of hydrogen-bond acceptors (Lipinski definition) is 6. The van der Waals surface area contributed by atoms with Crippen molar-refractivity contribution < 1.29 is 22.4 Å². The predicted octanol–water partition coefficient (Wildman–Crippen LogP) is 6.10. The Bertz CT molecular complexity index is 1740. The molecule has 2 bridgehead atoms. The van der Waals surface area contributed by atoms with Gasteiger partial charge in [0.15, 0.2) is 0 Å². The monoisotopic (exact) mass is 608 g/mol. The number of carbonyl (C=O) groups is 1. The van der Waals surface area contributed by atoms with Crippen LogP contribution in [0.15, 0.2) is 48.9 Å². The molecule has 0 spiro atoms.